The first-order valence-electron chi connectivity index (χ1n) is 2.74. The fourth-order valence-electron chi connectivity index (χ4n) is 0.898. The lowest BCUT2D eigenvalue weighted by Gasteiger charge is -2.06. The van der Waals surface area contributed by atoms with Crippen LogP contribution >= 0.6 is 0 Å². The van der Waals surface area contributed by atoms with Gasteiger partial charge in [-0.15, -0.1) is 0 Å². The average molecular weight is 120 g/mol. The molecule has 1 aliphatic carbocycles. The number of hydrogen-bond acceptors (Lipinski definition) is 0. The molecule has 0 radical (unpaired) electrons. The van der Waals surface area contributed by atoms with Crippen molar-refractivity contribution in [1.82, 2.24) is 0 Å². The fraction of sp³-hybridized carbons (Fsp3) is 0. The second-order valence-corrected chi connectivity index (χ2v) is 1.96. The quantitative estimate of drug-likeness (QED) is 0.502. The smallest absolute Gasteiger partial charge is 0.0184 e. The van der Waals surface area contributed by atoms with Crippen LogP contribution < -0.4 is 0 Å². The third kappa shape index (κ3) is 0.752. The highest BCUT2D eigenvalue weighted by atomic mass is 16.0. The molecular formula is C8H8O. The molecule has 0 aromatic heterocycles. The maximum absolute atomic E-state index is 2.12. The molecule has 0 saturated heterocycles. The Morgan fingerprint density at radius 1 is 0.778 bits per heavy atom. The van der Waals surface area contributed by atoms with E-state index in [1.807, 2.05) is 0 Å². The van der Waals surface area contributed by atoms with Gasteiger partial charge in [0.1, 0.15) is 0 Å². The summed E-state index contributed by atoms with van der Waals surface area (Å²) in [4.78, 5) is 0. The van der Waals surface area contributed by atoms with E-state index >= 15 is 0 Å². The molecule has 0 fully saturated rings. The molecule has 0 spiro atoms. The highest BCUT2D eigenvalue weighted by Gasteiger charge is 1.99. The standard InChI is InChI=1S/C8H6.H2O/c1-2-4-8-6-5-7(8)3-1;/h1-6H;1H2. The van der Waals surface area contributed by atoms with Crippen LogP contribution in [0.1, 0.15) is 11.1 Å². The second-order valence-electron chi connectivity index (χ2n) is 1.96. The van der Waals surface area contributed by atoms with Crippen LogP contribution in [0.3, 0.4) is 0 Å². The van der Waals surface area contributed by atoms with Crippen molar-refractivity contribution in [2.24, 2.45) is 0 Å². The lowest BCUT2D eigenvalue weighted by molar-refractivity contribution is 0.824. The van der Waals surface area contributed by atoms with Crippen LogP contribution in [0.15, 0.2) is 24.3 Å². The molecule has 1 nitrogen and oxygen atoms in total. The van der Waals surface area contributed by atoms with Gasteiger partial charge in [-0.3, -0.25) is 0 Å². The molecule has 0 bridgehead atoms. The monoisotopic (exact) mass is 120 g/mol. The molecule has 1 aliphatic rings. The summed E-state index contributed by atoms with van der Waals surface area (Å²) in [7, 11) is 0. The summed E-state index contributed by atoms with van der Waals surface area (Å²) < 4.78 is 0. The normalized spacial score (nSPS) is 11.1. The molecule has 0 amide bonds. The van der Waals surface area contributed by atoms with Gasteiger partial charge >= 0.3 is 0 Å². The maximum atomic E-state index is 2.12. The van der Waals surface area contributed by atoms with Gasteiger partial charge in [0, 0.05) is 0 Å². The van der Waals surface area contributed by atoms with Gasteiger partial charge in [0.15, 0.2) is 0 Å². The van der Waals surface area contributed by atoms with Crippen molar-refractivity contribution in [3.8, 4) is 0 Å². The molecule has 0 atom stereocenters. The van der Waals surface area contributed by atoms with Crippen molar-refractivity contribution in [2.45, 2.75) is 0 Å². The third-order valence-electron chi connectivity index (χ3n) is 1.44. The summed E-state index contributed by atoms with van der Waals surface area (Å²) in [6.45, 7) is 0. The molecule has 2 rings (SSSR count). The van der Waals surface area contributed by atoms with Crippen molar-refractivity contribution >= 4 is 12.2 Å². The number of hydrogen-bond donors (Lipinski definition) is 0. The predicted octanol–water partition coefficient (Wildman–Crippen LogP) is 1.35. The van der Waals surface area contributed by atoms with E-state index in [1.165, 1.54) is 11.1 Å². The van der Waals surface area contributed by atoms with Crippen LogP contribution in [0.5, 0.6) is 0 Å². The van der Waals surface area contributed by atoms with E-state index in [1.54, 1.807) is 0 Å². The Morgan fingerprint density at radius 2 is 1.22 bits per heavy atom. The van der Waals surface area contributed by atoms with Crippen LogP contribution in [-0.4, -0.2) is 5.48 Å². The number of benzene rings is 1. The first-order valence-corrected chi connectivity index (χ1v) is 2.74. The number of fused-ring (bicyclic) bond motifs is 1. The minimum atomic E-state index is 0. The Bertz CT molecular complexity index is 213. The van der Waals surface area contributed by atoms with Crippen molar-refractivity contribution in [1.29, 1.82) is 0 Å². The minimum Gasteiger partial charge on any atom is -0.412 e. The van der Waals surface area contributed by atoms with Crippen molar-refractivity contribution in [2.75, 3.05) is 0 Å². The highest BCUT2D eigenvalue weighted by molar-refractivity contribution is 5.85. The maximum Gasteiger partial charge on any atom is -0.0184 e. The van der Waals surface area contributed by atoms with Crippen LogP contribution in [0.2, 0.25) is 0 Å². The number of rotatable bonds is 0. The van der Waals surface area contributed by atoms with Crippen LogP contribution in [0.25, 0.3) is 12.2 Å². The van der Waals surface area contributed by atoms with Gasteiger partial charge in [0.25, 0.3) is 0 Å². The van der Waals surface area contributed by atoms with Crippen LogP contribution in [0, 0.1) is 0 Å². The molecule has 0 saturated carbocycles. The summed E-state index contributed by atoms with van der Waals surface area (Å²) in [6.07, 6.45) is 4.24. The molecule has 9 heavy (non-hydrogen) atoms. The van der Waals surface area contributed by atoms with Crippen molar-refractivity contribution in [3.05, 3.63) is 35.4 Å². The first-order chi connectivity index (χ1) is 3.97. The van der Waals surface area contributed by atoms with E-state index in [2.05, 4.69) is 36.4 Å². The third-order valence-corrected chi connectivity index (χ3v) is 1.44. The van der Waals surface area contributed by atoms with E-state index in [4.69, 9.17) is 0 Å². The van der Waals surface area contributed by atoms with E-state index in [-0.39, 0.29) is 5.48 Å². The Hall–Kier alpha value is -1.08. The molecule has 1 heteroatoms. The van der Waals surface area contributed by atoms with E-state index in [0.717, 1.165) is 0 Å². The Labute approximate surface area is 53.9 Å². The molecule has 1 aromatic carbocycles. The van der Waals surface area contributed by atoms with Gasteiger partial charge in [0.05, 0.1) is 0 Å². The lowest BCUT2D eigenvalue weighted by atomic mass is 9.99. The summed E-state index contributed by atoms with van der Waals surface area (Å²) in [6, 6.07) is 8.36. The van der Waals surface area contributed by atoms with Crippen LogP contribution in [0.4, 0.5) is 0 Å². The topological polar surface area (TPSA) is 31.5 Å². The van der Waals surface area contributed by atoms with Gasteiger partial charge in [0.2, 0.25) is 0 Å². The summed E-state index contributed by atoms with van der Waals surface area (Å²) in [5, 5.41) is 0. The second kappa shape index (κ2) is 2.03. The summed E-state index contributed by atoms with van der Waals surface area (Å²) in [5.41, 5.74) is 2.74. The largest absolute Gasteiger partial charge is 0.412 e. The van der Waals surface area contributed by atoms with Crippen LogP contribution in [-0.2, 0) is 0 Å². The lowest BCUT2D eigenvalue weighted by Crippen LogP contribution is -1.85. The van der Waals surface area contributed by atoms with E-state index in [0.29, 0.717) is 0 Å². The zero-order chi connectivity index (χ0) is 5.40. The Kier molecular flexibility index (Phi) is 1.37. The first kappa shape index (κ1) is 6.05. The molecule has 0 aliphatic heterocycles. The predicted molar refractivity (Wildman–Crippen MR) is 39.0 cm³/mol. The van der Waals surface area contributed by atoms with Gasteiger partial charge in [-0.25, -0.2) is 0 Å². The summed E-state index contributed by atoms with van der Waals surface area (Å²) >= 11 is 0. The molecule has 46 valence electrons. The van der Waals surface area contributed by atoms with Gasteiger partial charge in [-0.05, 0) is 11.1 Å². The van der Waals surface area contributed by atoms with Crippen molar-refractivity contribution < 1.29 is 5.48 Å². The van der Waals surface area contributed by atoms with E-state index in [9.17, 15) is 0 Å². The van der Waals surface area contributed by atoms with Gasteiger partial charge in [-0.2, -0.15) is 0 Å². The van der Waals surface area contributed by atoms with E-state index < -0.39 is 0 Å². The van der Waals surface area contributed by atoms with Gasteiger partial charge in [-0.1, -0.05) is 36.4 Å². The molecule has 1 aromatic rings. The molecular weight excluding hydrogens is 112 g/mol. The van der Waals surface area contributed by atoms with Crippen molar-refractivity contribution in [3.63, 3.8) is 0 Å². The highest BCUT2D eigenvalue weighted by Crippen LogP contribution is 2.21. The molecule has 0 unspecified atom stereocenters. The van der Waals surface area contributed by atoms with Gasteiger partial charge < -0.3 is 5.48 Å². The Morgan fingerprint density at radius 3 is 1.44 bits per heavy atom. The Balaban J connectivity index is 0.000000405. The fourth-order valence-corrected chi connectivity index (χ4v) is 0.898. The molecule has 0 heterocycles. The zero-order valence-corrected chi connectivity index (χ0v) is 4.96. The summed E-state index contributed by atoms with van der Waals surface area (Å²) in [5.74, 6) is 0. The SMILES string of the molecule is C1=Cc2ccccc21.O. The minimum absolute atomic E-state index is 0. The average Bonchev–Trinajstić information content (AvgIpc) is 1.72. The zero-order valence-electron chi connectivity index (χ0n) is 4.96. The molecule has 2 N–H and O–H groups in total.